The first-order chi connectivity index (χ1) is 7.37. The number of nitrogens with two attached hydrogens (primary N) is 1. The SMILES string of the molecule is CC(C)(C)NC(=O)CCN=C(N)NC1CC1. The first-order valence-electron chi connectivity index (χ1n) is 5.74. The van der Waals surface area contributed by atoms with E-state index in [1.54, 1.807) is 0 Å². The van der Waals surface area contributed by atoms with Crippen LogP contribution in [0.4, 0.5) is 0 Å². The number of rotatable bonds is 4. The number of carbonyl (C=O) groups is 1. The monoisotopic (exact) mass is 226 g/mol. The van der Waals surface area contributed by atoms with E-state index < -0.39 is 0 Å². The van der Waals surface area contributed by atoms with E-state index in [1.807, 2.05) is 20.8 Å². The van der Waals surface area contributed by atoms with Gasteiger partial charge in [-0.2, -0.15) is 0 Å². The Morgan fingerprint density at radius 1 is 1.44 bits per heavy atom. The molecule has 0 bridgehead atoms. The molecule has 4 N–H and O–H groups in total. The molecule has 0 atom stereocenters. The molecular formula is C11H22N4O. The summed E-state index contributed by atoms with van der Waals surface area (Å²) < 4.78 is 0. The van der Waals surface area contributed by atoms with Crippen molar-refractivity contribution in [1.29, 1.82) is 0 Å². The van der Waals surface area contributed by atoms with Crippen LogP contribution in [0.15, 0.2) is 4.99 Å². The molecule has 1 fully saturated rings. The molecule has 0 aromatic rings. The maximum atomic E-state index is 11.4. The maximum absolute atomic E-state index is 11.4. The summed E-state index contributed by atoms with van der Waals surface area (Å²) in [6.07, 6.45) is 2.71. The van der Waals surface area contributed by atoms with E-state index in [0.717, 1.165) is 0 Å². The predicted octanol–water partition coefficient (Wildman–Crippen LogP) is 0.358. The molecular weight excluding hydrogens is 204 g/mol. The summed E-state index contributed by atoms with van der Waals surface area (Å²) in [5.74, 6) is 0.460. The van der Waals surface area contributed by atoms with E-state index >= 15 is 0 Å². The number of aliphatic imine (C=N–C) groups is 1. The summed E-state index contributed by atoms with van der Waals surface area (Å²) in [6, 6.07) is 0.507. The predicted molar refractivity (Wildman–Crippen MR) is 65.2 cm³/mol. The molecule has 1 saturated carbocycles. The number of nitrogens with zero attached hydrogens (tertiary/aromatic N) is 1. The third-order valence-electron chi connectivity index (χ3n) is 2.06. The molecule has 0 spiro atoms. The van der Waals surface area contributed by atoms with Gasteiger partial charge in [-0.3, -0.25) is 9.79 Å². The smallest absolute Gasteiger partial charge is 0.222 e. The van der Waals surface area contributed by atoms with Crippen molar-refractivity contribution in [2.24, 2.45) is 10.7 Å². The fraction of sp³-hybridized carbons (Fsp3) is 0.818. The van der Waals surface area contributed by atoms with Crippen LogP contribution in [0.1, 0.15) is 40.0 Å². The van der Waals surface area contributed by atoms with Gasteiger partial charge in [0.25, 0.3) is 0 Å². The maximum Gasteiger partial charge on any atom is 0.222 e. The van der Waals surface area contributed by atoms with Crippen LogP contribution in [0, 0.1) is 0 Å². The molecule has 1 aliphatic rings. The van der Waals surface area contributed by atoms with Crippen LogP contribution in [-0.4, -0.2) is 30.0 Å². The van der Waals surface area contributed by atoms with Crippen molar-refractivity contribution in [1.82, 2.24) is 10.6 Å². The second-order valence-corrected chi connectivity index (χ2v) is 5.23. The van der Waals surface area contributed by atoms with Gasteiger partial charge >= 0.3 is 0 Å². The van der Waals surface area contributed by atoms with Crippen molar-refractivity contribution < 1.29 is 4.79 Å². The highest BCUT2D eigenvalue weighted by molar-refractivity contribution is 5.80. The first kappa shape index (κ1) is 12.8. The van der Waals surface area contributed by atoms with Gasteiger partial charge in [0, 0.05) is 18.0 Å². The van der Waals surface area contributed by atoms with Gasteiger partial charge < -0.3 is 16.4 Å². The van der Waals surface area contributed by atoms with Gasteiger partial charge in [-0.05, 0) is 33.6 Å². The minimum absolute atomic E-state index is 0.00970. The average Bonchev–Trinajstić information content (AvgIpc) is 2.84. The van der Waals surface area contributed by atoms with Gasteiger partial charge in [-0.1, -0.05) is 0 Å². The molecule has 0 aromatic heterocycles. The quantitative estimate of drug-likeness (QED) is 0.478. The number of nitrogens with one attached hydrogen (secondary N) is 2. The Morgan fingerprint density at radius 3 is 2.56 bits per heavy atom. The third kappa shape index (κ3) is 6.27. The van der Waals surface area contributed by atoms with E-state index in [4.69, 9.17) is 5.73 Å². The minimum Gasteiger partial charge on any atom is -0.370 e. The molecule has 92 valence electrons. The highest BCUT2D eigenvalue weighted by Crippen LogP contribution is 2.17. The zero-order chi connectivity index (χ0) is 12.2. The molecule has 5 nitrogen and oxygen atoms in total. The molecule has 0 heterocycles. The molecule has 16 heavy (non-hydrogen) atoms. The lowest BCUT2D eigenvalue weighted by Crippen LogP contribution is -2.41. The summed E-state index contributed by atoms with van der Waals surface area (Å²) in [5, 5.41) is 5.95. The molecule has 0 saturated heterocycles. The van der Waals surface area contributed by atoms with Gasteiger partial charge in [0.2, 0.25) is 5.91 Å². The Morgan fingerprint density at radius 2 is 2.06 bits per heavy atom. The molecule has 0 aliphatic heterocycles. The van der Waals surface area contributed by atoms with Gasteiger partial charge in [0.1, 0.15) is 0 Å². The summed E-state index contributed by atoms with van der Waals surface area (Å²) in [7, 11) is 0. The van der Waals surface area contributed by atoms with Crippen LogP contribution in [0.2, 0.25) is 0 Å². The minimum atomic E-state index is -0.182. The number of guanidine groups is 1. The number of carbonyl (C=O) groups excluding carboxylic acids is 1. The second kappa shape index (κ2) is 5.18. The molecule has 0 radical (unpaired) electrons. The van der Waals surface area contributed by atoms with Crippen molar-refractivity contribution in [2.45, 2.75) is 51.6 Å². The van der Waals surface area contributed by atoms with Crippen LogP contribution in [0.5, 0.6) is 0 Å². The van der Waals surface area contributed by atoms with Crippen LogP contribution in [0.3, 0.4) is 0 Å². The van der Waals surface area contributed by atoms with E-state index in [-0.39, 0.29) is 11.4 Å². The fourth-order valence-electron chi connectivity index (χ4n) is 1.24. The van der Waals surface area contributed by atoms with Gasteiger partial charge in [-0.15, -0.1) is 0 Å². The van der Waals surface area contributed by atoms with E-state index in [1.165, 1.54) is 12.8 Å². The Kier molecular flexibility index (Phi) is 4.15. The van der Waals surface area contributed by atoms with Crippen molar-refractivity contribution in [3.63, 3.8) is 0 Å². The van der Waals surface area contributed by atoms with E-state index in [0.29, 0.717) is 25.0 Å². The average molecular weight is 226 g/mol. The first-order valence-corrected chi connectivity index (χ1v) is 5.74. The van der Waals surface area contributed by atoms with Gasteiger partial charge in [-0.25, -0.2) is 0 Å². The van der Waals surface area contributed by atoms with Crippen LogP contribution >= 0.6 is 0 Å². The van der Waals surface area contributed by atoms with Crippen LogP contribution < -0.4 is 16.4 Å². The molecule has 1 rings (SSSR count). The number of hydrogen-bond acceptors (Lipinski definition) is 2. The molecule has 0 unspecified atom stereocenters. The van der Waals surface area contributed by atoms with Crippen molar-refractivity contribution in [2.75, 3.05) is 6.54 Å². The largest absolute Gasteiger partial charge is 0.370 e. The summed E-state index contributed by atoms with van der Waals surface area (Å²) in [4.78, 5) is 15.5. The Labute approximate surface area is 96.9 Å². The lowest BCUT2D eigenvalue weighted by Gasteiger charge is -2.20. The van der Waals surface area contributed by atoms with Gasteiger partial charge in [0.15, 0.2) is 5.96 Å². The second-order valence-electron chi connectivity index (χ2n) is 5.23. The van der Waals surface area contributed by atoms with Crippen LogP contribution in [-0.2, 0) is 4.79 Å². The van der Waals surface area contributed by atoms with Gasteiger partial charge in [0.05, 0.1) is 6.54 Å². The topological polar surface area (TPSA) is 79.5 Å². The van der Waals surface area contributed by atoms with Crippen molar-refractivity contribution in [3.05, 3.63) is 0 Å². The Hall–Kier alpha value is -1.26. The number of hydrogen-bond donors (Lipinski definition) is 3. The normalized spacial score (nSPS) is 17.1. The van der Waals surface area contributed by atoms with Crippen molar-refractivity contribution >= 4 is 11.9 Å². The van der Waals surface area contributed by atoms with Crippen molar-refractivity contribution in [3.8, 4) is 0 Å². The highest BCUT2D eigenvalue weighted by Gasteiger charge is 2.21. The molecule has 1 amide bonds. The zero-order valence-electron chi connectivity index (χ0n) is 10.3. The van der Waals surface area contributed by atoms with E-state index in [2.05, 4.69) is 15.6 Å². The van der Waals surface area contributed by atoms with E-state index in [9.17, 15) is 4.79 Å². The Balaban J connectivity index is 2.15. The highest BCUT2D eigenvalue weighted by atomic mass is 16.1. The molecule has 0 aromatic carbocycles. The third-order valence-corrected chi connectivity index (χ3v) is 2.06. The number of amides is 1. The zero-order valence-corrected chi connectivity index (χ0v) is 10.3. The lowest BCUT2D eigenvalue weighted by atomic mass is 10.1. The summed E-state index contributed by atoms with van der Waals surface area (Å²) >= 11 is 0. The lowest BCUT2D eigenvalue weighted by molar-refractivity contribution is -0.122. The summed E-state index contributed by atoms with van der Waals surface area (Å²) in [6.45, 7) is 6.30. The standard InChI is InChI=1S/C11H22N4O/c1-11(2,3)15-9(16)6-7-13-10(12)14-8-4-5-8/h8H,4-7H2,1-3H3,(H,15,16)(H3,12,13,14). The molecule has 1 aliphatic carbocycles. The fourth-order valence-corrected chi connectivity index (χ4v) is 1.24. The summed E-state index contributed by atoms with van der Waals surface area (Å²) in [5.41, 5.74) is 5.45. The Bertz CT molecular complexity index is 276. The van der Waals surface area contributed by atoms with Crippen LogP contribution in [0.25, 0.3) is 0 Å². The molecule has 5 heteroatoms.